The summed E-state index contributed by atoms with van der Waals surface area (Å²) in [6.07, 6.45) is 8.40. The number of urea groups is 1. The SMILES string of the molecule is CCN(CC)c1ccc(/C=C2\C(=O)NC(=O)N([C@@H](C)C34CC5CC(CC(C5)C3)C4)C2=O)c(O)c1. The van der Waals surface area contributed by atoms with E-state index in [-0.39, 0.29) is 22.8 Å². The zero-order valence-corrected chi connectivity index (χ0v) is 20.3. The van der Waals surface area contributed by atoms with Crippen molar-refractivity contribution in [3.8, 4) is 5.75 Å². The number of nitrogens with one attached hydrogen (secondary N) is 1. The van der Waals surface area contributed by atoms with Crippen LogP contribution in [0, 0.1) is 23.2 Å². The van der Waals surface area contributed by atoms with Crippen LogP contribution in [0.5, 0.6) is 5.75 Å². The second-order valence-electron chi connectivity index (χ2n) is 10.9. The number of carbonyl (C=O) groups excluding carboxylic acids is 3. The molecule has 4 bridgehead atoms. The van der Waals surface area contributed by atoms with Crippen LogP contribution in [-0.4, -0.2) is 47.0 Å². The molecule has 0 radical (unpaired) electrons. The number of hydrogen-bond donors (Lipinski definition) is 2. The molecule has 0 spiro atoms. The number of hydrogen-bond acceptors (Lipinski definition) is 5. The fraction of sp³-hybridized carbons (Fsp3) is 0.593. The van der Waals surface area contributed by atoms with Gasteiger partial charge in [0.05, 0.1) is 0 Å². The van der Waals surface area contributed by atoms with Crippen LogP contribution in [0.2, 0.25) is 0 Å². The lowest BCUT2D eigenvalue weighted by molar-refractivity contribution is -0.139. The van der Waals surface area contributed by atoms with Gasteiger partial charge in [-0.25, -0.2) is 4.79 Å². The number of imide groups is 2. The molecule has 5 aliphatic rings. The molecule has 1 aromatic carbocycles. The van der Waals surface area contributed by atoms with E-state index in [1.54, 1.807) is 12.1 Å². The first-order chi connectivity index (χ1) is 16.2. The Hall–Kier alpha value is -2.83. The highest BCUT2D eigenvalue weighted by Crippen LogP contribution is 2.62. The van der Waals surface area contributed by atoms with Crippen LogP contribution < -0.4 is 10.2 Å². The molecule has 1 aromatic rings. The molecule has 2 N–H and O–H groups in total. The van der Waals surface area contributed by atoms with Crippen molar-refractivity contribution in [3.05, 3.63) is 29.3 Å². The van der Waals surface area contributed by atoms with E-state index >= 15 is 0 Å². The van der Waals surface area contributed by atoms with Gasteiger partial charge in [-0.1, -0.05) is 0 Å². The standard InChI is InChI=1S/C27H35N3O4/c1-4-29(5-2)21-7-6-20(23(31)12-21)11-22-24(32)28-26(34)30(25(22)33)16(3)27-13-17-8-18(14-27)10-19(9-17)15-27/h6-7,11-12,16-19,31H,4-5,8-10,13-15H2,1-3H3,(H,28,32,34)/b22-11+/t16-,17?,18?,19?,27?/m0/s1. The Bertz CT molecular complexity index is 1020. The average Bonchev–Trinajstić information content (AvgIpc) is 2.77. The summed E-state index contributed by atoms with van der Waals surface area (Å²) in [6, 6.07) is 4.32. The van der Waals surface area contributed by atoms with E-state index in [1.165, 1.54) is 30.2 Å². The summed E-state index contributed by atoms with van der Waals surface area (Å²) in [6.45, 7) is 7.66. The van der Waals surface area contributed by atoms with E-state index in [4.69, 9.17) is 0 Å². The molecule has 7 nitrogen and oxygen atoms in total. The van der Waals surface area contributed by atoms with Gasteiger partial charge < -0.3 is 10.0 Å². The number of amides is 4. The summed E-state index contributed by atoms with van der Waals surface area (Å²) in [7, 11) is 0. The van der Waals surface area contributed by atoms with Crippen molar-refractivity contribution in [3.63, 3.8) is 0 Å². The zero-order valence-electron chi connectivity index (χ0n) is 20.3. The van der Waals surface area contributed by atoms with Gasteiger partial charge in [0.15, 0.2) is 0 Å². The molecule has 4 saturated carbocycles. The Morgan fingerprint density at radius 2 is 1.68 bits per heavy atom. The van der Waals surface area contributed by atoms with Crippen LogP contribution in [0.1, 0.15) is 64.9 Å². The summed E-state index contributed by atoms with van der Waals surface area (Å²) >= 11 is 0. The van der Waals surface area contributed by atoms with E-state index in [1.807, 2.05) is 26.8 Å². The van der Waals surface area contributed by atoms with Crippen LogP contribution >= 0.6 is 0 Å². The zero-order chi connectivity index (χ0) is 24.2. The Morgan fingerprint density at radius 1 is 1.09 bits per heavy atom. The maximum Gasteiger partial charge on any atom is 0.331 e. The normalized spacial score (nSPS) is 32.3. The minimum absolute atomic E-state index is 0.00455. The molecule has 1 aliphatic heterocycles. The van der Waals surface area contributed by atoms with Crippen molar-refractivity contribution in [2.75, 3.05) is 18.0 Å². The first kappa shape index (κ1) is 22.9. The third kappa shape index (κ3) is 3.69. The Morgan fingerprint density at radius 3 is 2.21 bits per heavy atom. The molecule has 1 heterocycles. The molecular weight excluding hydrogens is 430 g/mol. The van der Waals surface area contributed by atoms with Gasteiger partial charge in [0.25, 0.3) is 11.8 Å². The first-order valence-corrected chi connectivity index (χ1v) is 12.7. The summed E-state index contributed by atoms with van der Waals surface area (Å²) in [5, 5.41) is 13.0. The smallest absolute Gasteiger partial charge is 0.331 e. The van der Waals surface area contributed by atoms with Crippen molar-refractivity contribution in [1.82, 2.24) is 10.2 Å². The van der Waals surface area contributed by atoms with Gasteiger partial charge in [0.2, 0.25) is 0 Å². The molecular formula is C27H35N3O4. The maximum absolute atomic E-state index is 13.6. The summed E-state index contributed by atoms with van der Waals surface area (Å²) in [5.41, 5.74) is 1.09. The Kier molecular flexibility index (Phi) is 5.69. The number of aromatic hydroxyl groups is 1. The van der Waals surface area contributed by atoms with Crippen molar-refractivity contribution in [1.29, 1.82) is 0 Å². The number of nitrogens with zero attached hydrogens (tertiary/aromatic N) is 2. The molecule has 1 atom stereocenters. The molecule has 34 heavy (non-hydrogen) atoms. The van der Waals surface area contributed by atoms with E-state index in [0.717, 1.165) is 38.0 Å². The summed E-state index contributed by atoms with van der Waals surface area (Å²) in [4.78, 5) is 42.5. The molecule has 0 unspecified atom stereocenters. The summed E-state index contributed by atoms with van der Waals surface area (Å²) in [5.74, 6) is 0.786. The Labute approximate surface area is 201 Å². The van der Waals surface area contributed by atoms with E-state index in [9.17, 15) is 19.5 Å². The minimum Gasteiger partial charge on any atom is -0.507 e. The second kappa shape index (κ2) is 8.43. The topological polar surface area (TPSA) is 90.0 Å². The maximum atomic E-state index is 13.6. The van der Waals surface area contributed by atoms with Crippen molar-refractivity contribution >= 4 is 29.6 Å². The lowest BCUT2D eigenvalue weighted by atomic mass is 9.47. The van der Waals surface area contributed by atoms with Crippen LogP contribution in [-0.2, 0) is 9.59 Å². The average molecular weight is 466 g/mol. The van der Waals surface area contributed by atoms with Crippen molar-refractivity contribution in [2.45, 2.75) is 65.3 Å². The largest absolute Gasteiger partial charge is 0.507 e. The fourth-order valence-corrected chi connectivity index (χ4v) is 7.58. The van der Waals surface area contributed by atoms with Gasteiger partial charge >= 0.3 is 6.03 Å². The molecule has 7 heteroatoms. The molecule has 4 amide bonds. The number of anilines is 1. The lowest BCUT2D eigenvalue weighted by Gasteiger charge is -2.60. The molecule has 1 saturated heterocycles. The van der Waals surface area contributed by atoms with Crippen LogP contribution in [0.3, 0.4) is 0 Å². The van der Waals surface area contributed by atoms with Crippen molar-refractivity contribution < 1.29 is 19.5 Å². The monoisotopic (exact) mass is 465 g/mol. The molecule has 4 aliphatic carbocycles. The van der Waals surface area contributed by atoms with Gasteiger partial charge in [-0.15, -0.1) is 0 Å². The van der Waals surface area contributed by atoms with E-state index < -0.39 is 17.8 Å². The number of rotatable bonds is 6. The Balaban J connectivity index is 1.44. The third-order valence-corrected chi connectivity index (χ3v) is 8.93. The number of benzene rings is 1. The van der Waals surface area contributed by atoms with Gasteiger partial charge in [-0.3, -0.25) is 19.8 Å². The molecule has 182 valence electrons. The fourth-order valence-electron chi connectivity index (χ4n) is 7.58. The quantitative estimate of drug-likeness (QED) is 0.483. The highest BCUT2D eigenvalue weighted by Gasteiger charge is 2.56. The molecule has 0 aromatic heterocycles. The predicted octanol–water partition coefficient (Wildman–Crippen LogP) is 4.31. The summed E-state index contributed by atoms with van der Waals surface area (Å²) < 4.78 is 0. The van der Waals surface area contributed by atoms with Crippen LogP contribution in [0.15, 0.2) is 23.8 Å². The van der Waals surface area contributed by atoms with Gasteiger partial charge in [-0.2, -0.15) is 0 Å². The molecule has 5 fully saturated rings. The minimum atomic E-state index is -0.712. The van der Waals surface area contributed by atoms with E-state index in [2.05, 4.69) is 10.2 Å². The van der Waals surface area contributed by atoms with Gasteiger partial charge in [0.1, 0.15) is 11.3 Å². The van der Waals surface area contributed by atoms with Crippen molar-refractivity contribution in [2.24, 2.45) is 23.2 Å². The third-order valence-electron chi connectivity index (χ3n) is 8.93. The first-order valence-electron chi connectivity index (χ1n) is 12.7. The van der Waals surface area contributed by atoms with E-state index in [0.29, 0.717) is 23.3 Å². The number of carbonyl (C=O) groups is 3. The molecule has 6 rings (SSSR count). The number of barbiturate groups is 1. The van der Waals surface area contributed by atoms with Gasteiger partial charge in [0, 0.05) is 36.4 Å². The highest BCUT2D eigenvalue weighted by atomic mass is 16.3. The van der Waals surface area contributed by atoms with Gasteiger partial charge in [-0.05, 0) is 101 Å². The number of phenolic OH excluding ortho intramolecular Hbond substituents is 1. The van der Waals surface area contributed by atoms with Crippen LogP contribution in [0.25, 0.3) is 6.08 Å². The predicted molar refractivity (Wildman–Crippen MR) is 130 cm³/mol. The lowest BCUT2D eigenvalue weighted by Crippen LogP contribution is -2.63. The highest BCUT2D eigenvalue weighted by molar-refractivity contribution is 6.31. The second-order valence-corrected chi connectivity index (χ2v) is 10.9. The number of phenols is 1. The van der Waals surface area contributed by atoms with Crippen LogP contribution in [0.4, 0.5) is 10.5 Å².